The topological polar surface area (TPSA) is 58.1 Å². The minimum atomic E-state index is -0.635. The first-order valence-corrected chi connectivity index (χ1v) is 9.18. The van der Waals surface area contributed by atoms with E-state index < -0.39 is 10.8 Å². The quantitative estimate of drug-likeness (QED) is 0.931. The van der Waals surface area contributed by atoms with Gasteiger partial charge in [-0.3, -0.25) is 9.11 Å². The fraction of sp³-hybridized carbons (Fsp3) is 0.538. The summed E-state index contributed by atoms with van der Waals surface area (Å²) in [7, 11) is -0.635. The van der Waals surface area contributed by atoms with E-state index in [0.717, 1.165) is 59.5 Å². The lowest BCUT2D eigenvalue weighted by Crippen LogP contribution is -2.37. The maximum atomic E-state index is 11.4. The Morgan fingerprint density at radius 1 is 1.40 bits per heavy atom. The van der Waals surface area contributed by atoms with E-state index in [1.807, 2.05) is 5.38 Å². The minimum Gasteiger partial charge on any atom is -0.370 e. The van der Waals surface area contributed by atoms with Crippen LogP contribution in [0.1, 0.15) is 12.7 Å². The molecule has 7 heteroatoms. The first kappa shape index (κ1) is 13.9. The van der Waals surface area contributed by atoms with Crippen molar-refractivity contribution in [2.45, 2.75) is 13.5 Å². The molecule has 3 heterocycles. The van der Waals surface area contributed by atoms with Gasteiger partial charge in [-0.05, 0) is 18.4 Å². The summed E-state index contributed by atoms with van der Waals surface area (Å²) in [5.41, 5.74) is 0. The lowest BCUT2D eigenvalue weighted by molar-refractivity contribution is 0.284. The molecule has 1 aliphatic heterocycles. The Morgan fingerprint density at radius 2 is 2.20 bits per heavy atom. The van der Waals surface area contributed by atoms with Gasteiger partial charge in [0, 0.05) is 41.9 Å². The Hall–Kier alpha value is -1.05. The summed E-state index contributed by atoms with van der Waals surface area (Å²) in [6.45, 7) is 5.40. The number of nitrogens with one attached hydrogen (secondary N) is 1. The minimum absolute atomic E-state index is 0.635. The van der Waals surface area contributed by atoms with Crippen LogP contribution in [0.4, 0.5) is 5.82 Å². The lowest BCUT2D eigenvalue weighted by Gasteiger charge is -2.25. The number of aromatic nitrogens is 2. The van der Waals surface area contributed by atoms with Gasteiger partial charge in [0.2, 0.25) is 0 Å². The van der Waals surface area contributed by atoms with Gasteiger partial charge < -0.3 is 5.32 Å². The SMILES string of the molecule is CCNc1nc(CN2CCS(=O)CC2)nc2sccc12. The van der Waals surface area contributed by atoms with Crippen molar-refractivity contribution in [3.63, 3.8) is 0 Å². The summed E-state index contributed by atoms with van der Waals surface area (Å²) in [5.74, 6) is 3.31. The second-order valence-electron chi connectivity index (χ2n) is 4.78. The average molecular weight is 310 g/mol. The Morgan fingerprint density at radius 3 is 2.95 bits per heavy atom. The van der Waals surface area contributed by atoms with Crippen molar-refractivity contribution >= 4 is 38.2 Å². The Kier molecular flexibility index (Phi) is 4.28. The van der Waals surface area contributed by atoms with E-state index in [1.54, 1.807) is 11.3 Å². The standard InChI is InChI=1S/C13H18N4OS2/c1-2-14-12-10-3-6-19-13(10)16-11(15-12)9-17-4-7-20(18)8-5-17/h3,6H,2,4-5,7-9H2,1H3,(H,14,15,16). The molecule has 0 bridgehead atoms. The summed E-state index contributed by atoms with van der Waals surface area (Å²) >= 11 is 1.65. The van der Waals surface area contributed by atoms with Crippen LogP contribution in [0.25, 0.3) is 10.2 Å². The van der Waals surface area contributed by atoms with Crippen molar-refractivity contribution in [1.29, 1.82) is 0 Å². The molecule has 1 aliphatic rings. The number of nitrogens with zero attached hydrogens (tertiary/aromatic N) is 3. The molecule has 0 aliphatic carbocycles. The molecule has 0 saturated carbocycles. The van der Waals surface area contributed by atoms with Crippen LogP contribution in [0.15, 0.2) is 11.4 Å². The molecular weight excluding hydrogens is 292 g/mol. The summed E-state index contributed by atoms with van der Waals surface area (Å²) in [5, 5.41) is 6.46. The van der Waals surface area contributed by atoms with Gasteiger partial charge in [0.15, 0.2) is 0 Å². The predicted octanol–water partition coefficient (Wildman–Crippen LogP) is 1.69. The van der Waals surface area contributed by atoms with E-state index in [-0.39, 0.29) is 0 Å². The van der Waals surface area contributed by atoms with Gasteiger partial charge in [-0.15, -0.1) is 11.3 Å². The molecule has 1 saturated heterocycles. The van der Waals surface area contributed by atoms with E-state index in [9.17, 15) is 4.21 Å². The molecule has 2 aromatic heterocycles. The lowest BCUT2D eigenvalue weighted by atomic mass is 10.3. The van der Waals surface area contributed by atoms with Gasteiger partial charge in [0.05, 0.1) is 11.9 Å². The number of thiophene rings is 1. The Labute approximate surface area is 124 Å². The molecule has 1 fully saturated rings. The zero-order valence-electron chi connectivity index (χ0n) is 11.5. The molecular formula is C13H18N4OS2. The van der Waals surface area contributed by atoms with Crippen LogP contribution in [0.2, 0.25) is 0 Å². The zero-order valence-corrected chi connectivity index (χ0v) is 13.1. The van der Waals surface area contributed by atoms with Crippen molar-refractivity contribution in [1.82, 2.24) is 14.9 Å². The molecule has 0 amide bonds. The van der Waals surface area contributed by atoms with Crippen LogP contribution in [-0.4, -0.2) is 50.2 Å². The van der Waals surface area contributed by atoms with Gasteiger partial charge >= 0.3 is 0 Å². The molecule has 0 radical (unpaired) electrons. The number of anilines is 1. The average Bonchev–Trinajstić information content (AvgIpc) is 2.90. The largest absolute Gasteiger partial charge is 0.370 e. The van der Waals surface area contributed by atoms with Crippen molar-refractivity contribution in [3.05, 3.63) is 17.3 Å². The monoisotopic (exact) mass is 310 g/mol. The first-order chi connectivity index (χ1) is 9.76. The molecule has 1 N–H and O–H groups in total. The van der Waals surface area contributed by atoms with Crippen molar-refractivity contribution in [3.8, 4) is 0 Å². The van der Waals surface area contributed by atoms with Crippen LogP contribution < -0.4 is 5.32 Å². The number of rotatable bonds is 4. The van der Waals surface area contributed by atoms with Crippen LogP contribution in [0.5, 0.6) is 0 Å². The highest BCUT2D eigenvalue weighted by atomic mass is 32.2. The fourth-order valence-corrected chi connectivity index (χ4v) is 4.22. The zero-order chi connectivity index (χ0) is 13.9. The molecule has 0 spiro atoms. The molecule has 2 aromatic rings. The van der Waals surface area contributed by atoms with E-state index in [0.29, 0.717) is 0 Å². The first-order valence-electron chi connectivity index (χ1n) is 6.81. The van der Waals surface area contributed by atoms with Gasteiger partial charge in [0.1, 0.15) is 16.5 Å². The molecule has 0 atom stereocenters. The van der Waals surface area contributed by atoms with Gasteiger partial charge in [-0.2, -0.15) is 0 Å². The van der Waals surface area contributed by atoms with Gasteiger partial charge in [-0.25, -0.2) is 9.97 Å². The van der Waals surface area contributed by atoms with Crippen molar-refractivity contribution in [2.24, 2.45) is 0 Å². The van der Waals surface area contributed by atoms with E-state index in [4.69, 9.17) is 0 Å². The molecule has 5 nitrogen and oxygen atoms in total. The predicted molar refractivity (Wildman–Crippen MR) is 84.7 cm³/mol. The van der Waals surface area contributed by atoms with Crippen LogP contribution >= 0.6 is 11.3 Å². The smallest absolute Gasteiger partial charge is 0.146 e. The summed E-state index contributed by atoms with van der Waals surface area (Å²) in [6.07, 6.45) is 0. The summed E-state index contributed by atoms with van der Waals surface area (Å²) in [4.78, 5) is 12.6. The number of fused-ring (bicyclic) bond motifs is 1. The maximum absolute atomic E-state index is 11.4. The molecule has 0 unspecified atom stereocenters. The summed E-state index contributed by atoms with van der Waals surface area (Å²) < 4.78 is 11.4. The highest BCUT2D eigenvalue weighted by Gasteiger charge is 2.17. The van der Waals surface area contributed by atoms with E-state index in [1.165, 1.54) is 0 Å². The van der Waals surface area contributed by atoms with E-state index in [2.05, 4.69) is 33.2 Å². The second kappa shape index (κ2) is 6.15. The second-order valence-corrected chi connectivity index (χ2v) is 7.37. The van der Waals surface area contributed by atoms with Crippen LogP contribution in [-0.2, 0) is 17.3 Å². The normalized spacial score (nSPS) is 17.6. The third kappa shape index (κ3) is 2.99. The Balaban J connectivity index is 1.82. The summed E-state index contributed by atoms with van der Waals surface area (Å²) in [6, 6.07) is 2.06. The molecule has 20 heavy (non-hydrogen) atoms. The number of hydrogen-bond donors (Lipinski definition) is 1. The van der Waals surface area contributed by atoms with Gasteiger partial charge in [-0.1, -0.05) is 0 Å². The molecule has 0 aromatic carbocycles. The highest BCUT2D eigenvalue weighted by molar-refractivity contribution is 7.85. The third-order valence-electron chi connectivity index (χ3n) is 3.35. The molecule has 108 valence electrons. The number of hydrogen-bond acceptors (Lipinski definition) is 6. The van der Waals surface area contributed by atoms with Crippen molar-refractivity contribution in [2.75, 3.05) is 36.5 Å². The van der Waals surface area contributed by atoms with Crippen LogP contribution in [0, 0.1) is 0 Å². The third-order valence-corrected chi connectivity index (χ3v) is 5.43. The Bertz CT molecular complexity index is 618. The maximum Gasteiger partial charge on any atom is 0.146 e. The fourth-order valence-electron chi connectivity index (χ4n) is 2.31. The molecule has 3 rings (SSSR count). The van der Waals surface area contributed by atoms with Crippen molar-refractivity contribution < 1.29 is 4.21 Å². The highest BCUT2D eigenvalue weighted by Crippen LogP contribution is 2.25. The van der Waals surface area contributed by atoms with Gasteiger partial charge in [0.25, 0.3) is 0 Å². The van der Waals surface area contributed by atoms with Crippen LogP contribution in [0.3, 0.4) is 0 Å². The van der Waals surface area contributed by atoms with E-state index >= 15 is 0 Å².